The van der Waals surface area contributed by atoms with Crippen molar-refractivity contribution in [2.24, 2.45) is 0 Å². The van der Waals surface area contributed by atoms with E-state index in [0.29, 0.717) is 0 Å². The summed E-state index contributed by atoms with van der Waals surface area (Å²) >= 11 is -2.29. The molecule has 0 aliphatic rings. The van der Waals surface area contributed by atoms with Gasteiger partial charge in [-0.3, -0.25) is 0 Å². The van der Waals surface area contributed by atoms with Crippen LogP contribution in [-0.2, 0) is 6.54 Å². The predicted octanol–water partition coefficient (Wildman–Crippen LogP) is 4.35. The van der Waals surface area contributed by atoms with Gasteiger partial charge in [0, 0.05) is 0 Å². The molecular weight excluding hydrogens is 353 g/mol. The minimum atomic E-state index is -2.29. The summed E-state index contributed by atoms with van der Waals surface area (Å²) in [5.74, 6) is 0. The van der Waals surface area contributed by atoms with Gasteiger partial charge in [-0.05, 0) is 0 Å². The van der Waals surface area contributed by atoms with E-state index >= 15 is 0 Å². The second-order valence-electron chi connectivity index (χ2n) is 6.03. The number of hydrogen-bond acceptors (Lipinski definition) is 2. The average molecular weight is 386 g/mol. The van der Waals surface area contributed by atoms with Crippen LogP contribution in [0.25, 0.3) is 0 Å². The van der Waals surface area contributed by atoms with Crippen LogP contribution in [0, 0.1) is 0 Å². The third kappa shape index (κ3) is 4.74. The Hall–Kier alpha value is -0.0613. The van der Waals surface area contributed by atoms with Gasteiger partial charge in [-0.25, -0.2) is 0 Å². The molecule has 0 amide bonds. The quantitative estimate of drug-likeness (QED) is 0.530. The molecule has 1 heterocycles. The van der Waals surface area contributed by atoms with Crippen LogP contribution in [0.15, 0.2) is 6.20 Å². The molecule has 1 aromatic rings. The standard InChI is InChI=1S/C4H6N3.3C4H9.Sn/c1-2-7-4-3-5-6-7;3*1-3-4-2;/h3H,2H2,1H3;3*1,3-4H2,2H3;. The summed E-state index contributed by atoms with van der Waals surface area (Å²) in [4.78, 5) is 0. The van der Waals surface area contributed by atoms with E-state index in [2.05, 4.69) is 48.9 Å². The molecule has 1 rings (SSSR count). The van der Waals surface area contributed by atoms with Crippen LogP contribution in [0.5, 0.6) is 0 Å². The van der Waals surface area contributed by atoms with E-state index in [-0.39, 0.29) is 0 Å². The number of unbranched alkanes of at least 4 members (excludes halogenated alkanes) is 3. The van der Waals surface area contributed by atoms with Crippen molar-refractivity contribution < 1.29 is 0 Å². The van der Waals surface area contributed by atoms with Crippen LogP contribution in [0.3, 0.4) is 0 Å². The fraction of sp³-hybridized carbons (Fsp3) is 0.875. The Morgan fingerprint density at radius 2 is 1.40 bits per heavy atom. The Morgan fingerprint density at radius 1 is 0.900 bits per heavy atom. The Balaban J connectivity index is 3.04. The second-order valence-corrected chi connectivity index (χ2v) is 19.1. The first-order chi connectivity index (χ1) is 9.74. The Bertz CT molecular complexity index is 341. The molecule has 0 unspecified atom stereocenters. The Kier molecular flexibility index (Phi) is 8.81. The molecule has 0 bridgehead atoms. The molecule has 0 saturated carbocycles. The van der Waals surface area contributed by atoms with Gasteiger partial charge in [0.15, 0.2) is 0 Å². The monoisotopic (exact) mass is 387 g/mol. The third-order valence-electron chi connectivity index (χ3n) is 4.49. The summed E-state index contributed by atoms with van der Waals surface area (Å²) in [6.45, 7) is 10.2. The van der Waals surface area contributed by atoms with Gasteiger partial charge in [0.25, 0.3) is 0 Å². The molecule has 0 radical (unpaired) electrons. The zero-order valence-electron chi connectivity index (χ0n) is 14.0. The van der Waals surface area contributed by atoms with Gasteiger partial charge in [0.2, 0.25) is 0 Å². The molecule has 3 nitrogen and oxygen atoms in total. The van der Waals surface area contributed by atoms with E-state index in [1.54, 1.807) is 3.71 Å². The summed E-state index contributed by atoms with van der Waals surface area (Å²) in [5.41, 5.74) is 0. The molecule has 4 heteroatoms. The van der Waals surface area contributed by atoms with E-state index in [4.69, 9.17) is 0 Å². The molecule has 0 aromatic carbocycles. The first kappa shape index (κ1) is 18.0. The van der Waals surface area contributed by atoms with Crippen LogP contribution in [-0.4, -0.2) is 33.4 Å². The first-order valence-electron chi connectivity index (χ1n) is 8.63. The van der Waals surface area contributed by atoms with Gasteiger partial charge in [-0.1, -0.05) is 0 Å². The van der Waals surface area contributed by atoms with Gasteiger partial charge < -0.3 is 0 Å². The summed E-state index contributed by atoms with van der Waals surface area (Å²) < 4.78 is 8.31. The predicted molar refractivity (Wildman–Crippen MR) is 90.2 cm³/mol. The summed E-state index contributed by atoms with van der Waals surface area (Å²) in [6.07, 6.45) is 10.3. The zero-order chi connectivity index (χ0) is 14.8. The van der Waals surface area contributed by atoms with Crippen molar-refractivity contribution in [2.75, 3.05) is 0 Å². The Morgan fingerprint density at radius 3 is 1.80 bits per heavy atom. The van der Waals surface area contributed by atoms with E-state index in [0.717, 1.165) is 6.54 Å². The van der Waals surface area contributed by atoms with E-state index < -0.39 is 18.4 Å². The van der Waals surface area contributed by atoms with Crippen LogP contribution in [0.1, 0.15) is 66.2 Å². The fourth-order valence-corrected chi connectivity index (χ4v) is 19.5. The molecule has 0 aliphatic heterocycles. The van der Waals surface area contributed by atoms with Crippen LogP contribution in [0.4, 0.5) is 0 Å². The molecule has 0 spiro atoms. The Labute approximate surface area is 129 Å². The van der Waals surface area contributed by atoms with Gasteiger partial charge in [0.05, 0.1) is 0 Å². The van der Waals surface area contributed by atoms with Crippen molar-refractivity contribution in [1.82, 2.24) is 15.0 Å². The van der Waals surface area contributed by atoms with Gasteiger partial charge in [0.1, 0.15) is 0 Å². The first-order valence-corrected chi connectivity index (χ1v) is 16.1. The fourth-order valence-electron chi connectivity index (χ4n) is 3.21. The molecule has 116 valence electrons. The average Bonchev–Trinajstić information content (AvgIpc) is 2.96. The van der Waals surface area contributed by atoms with E-state index in [1.165, 1.54) is 51.8 Å². The topological polar surface area (TPSA) is 30.7 Å². The molecule has 0 saturated heterocycles. The molecule has 20 heavy (non-hydrogen) atoms. The summed E-state index contributed by atoms with van der Waals surface area (Å²) in [7, 11) is 0. The molecule has 0 aliphatic carbocycles. The van der Waals surface area contributed by atoms with Gasteiger partial charge >= 0.3 is 129 Å². The minimum absolute atomic E-state index is 0.985. The van der Waals surface area contributed by atoms with E-state index in [9.17, 15) is 0 Å². The van der Waals surface area contributed by atoms with Crippen LogP contribution >= 0.6 is 0 Å². The molecule has 0 N–H and O–H groups in total. The molecular formula is C16H33N3Sn. The SMILES string of the molecule is CCC[CH2][Sn]([CH2]CCC)([CH2]CCC)[c]1cnnn1CC. The zero-order valence-corrected chi connectivity index (χ0v) is 16.8. The van der Waals surface area contributed by atoms with Crippen LogP contribution < -0.4 is 3.71 Å². The summed E-state index contributed by atoms with van der Waals surface area (Å²) in [6, 6.07) is 0. The number of rotatable bonds is 11. The number of nitrogens with zero attached hydrogens (tertiary/aromatic N) is 3. The summed E-state index contributed by atoms with van der Waals surface area (Å²) in [5, 5.41) is 8.59. The van der Waals surface area contributed by atoms with E-state index in [1.807, 2.05) is 0 Å². The molecule has 1 aromatic heterocycles. The van der Waals surface area contributed by atoms with Crippen molar-refractivity contribution in [3.05, 3.63) is 6.20 Å². The van der Waals surface area contributed by atoms with Crippen molar-refractivity contribution in [1.29, 1.82) is 0 Å². The van der Waals surface area contributed by atoms with Crippen molar-refractivity contribution in [3.8, 4) is 0 Å². The van der Waals surface area contributed by atoms with Crippen molar-refractivity contribution in [3.63, 3.8) is 0 Å². The second kappa shape index (κ2) is 9.80. The third-order valence-corrected chi connectivity index (χ3v) is 19.9. The van der Waals surface area contributed by atoms with Gasteiger partial charge in [-0.15, -0.1) is 0 Å². The van der Waals surface area contributed by atoms with Crippen molar-refractivity contribution >= 4 is 22.1 Å². The number of hydrogen-bond donors (Lipinski definition) is 0. The molecule has 0 atom stereocenters. The maximum atomic E-state index is 4.34. The number of aryl methyl sites for hydroxylation is 1. The van der Waals surface area contributed by atoms with Crippen LogP contribution in [0.2, 0.25) is 13.3 Å². The number of aromatic nitrogens is 3. The molecule has 0 fully saturated rings. The van der Waals surface area contributed by atoms with Crippen molar-refractivity contribution in [2.45, 2.75) is 86.1 Å². The normalized spacial score (nSPS) is 12.0. The maximum absolute atomic E-state index is 4.34. The van der Waals surface area contributed by atoms with Gasteiger partial charge in [-0.2, -0.15) is 0 Å².